The molecule has 0 bridgehead atoms. The Hall–Kier alpha value is -2.09. The Morgan fingerprint density at radius 1 is 1.06 bits per heavy atom. The minimum atomic E-state index is -0.798. The van der Waals surface area contributed by atoms with Gasteiger partial charge in [0.25, 0.3) is 0 Å². The molecular formula is C16H16O2. The van der Waals surface area contributed by atoms with Crippen LogP contribution >= 0.6 is 0 Å². The lowest BCUT2D eigenvalue weighted by Gasteiger charge is -2.11. The molecule has 18 heavy (non-hydrogen) atoms. The van der Waals surface area contributed by atoms with Crippen molar-refractivity contribution in [2.75, 3.05) is 0 Å². The van der Waals surface area contributed by atoms with Gasteiger partial charge in [0, 0.05) is 0 Å². The van der Waals surface area contributed by atoms with E-state index in [1.807, 2.05) is 38.1 Å². The van der Waals surface area contributed by atoms with Gasteiger partial charge in [-0.3, -0.25) is 4.79 Å². The fraction of sp³-hybridized carbons (Fsp3) is 0.188. The third-order valence-corrected chi connectivity index (χ3v) is 3.04. The van der Waals surface area contributed by atoms with E-state index in [-0.39, 0.29) is 6.42 Å². The third kappa shape index (κ3) is 2.59. The zero-order chi connectivity index (χ0) is 13.1. The van der Waals surface area contributed by atoms with Crippen LogP contribution in [-0.4, -0.2) is 11.1 Å². The van der Waals surface area contributed by atoms with E-state index in [4.69, 9.17) is 5.11 Å². The first-order chi connectivity index (χ1) is 8.58. The lowest BCUT2D eigenvalue weighted by atomic mass is 9.93. The predicted octanol–water partition coefficient (Wildman–Crippen LogP) is 3.60. The van der Waals surface area contributed by atoms with Crippen molar-refractivity contribution in [1.29, 1.82) is 0 Å². The van der Waals surface area contributed by atoms with Gasteiger partial charge < -0.3 is 5.11 Å². The molecule has 0 amide bonds. The van der Waals surface area contributed by atoms with E-state index in [9.17, 15) is 4.79 Å². The number of carboxylic acid groups (broad SMARTS) is 1. The fourth-order valence-corrected chi connectivity index (χ4v) is 2.13. The molecule has 0 aromatic heterocycles. The summed E-state index contributed by atoms with van der Waals surface area (Å²) in [5.41, 5.74) is 5.34. The second kappa shape index (κ2) is 5.05. The van der Waals surface area contributed by atoms with E-state index >= 15 is 0 Å². The topological polar surface area (TPSA) is 37.3 Å². The highest BCUT2D eigenvalue weighted by Gasteiger charge is 2.10. The molecule has 0 saturated heterocycles. The molecule has 0 spiro atoms. The smallest absolute Gasteiger partial charge is 0.307 e. The van der Waals surface area contributed by atoms with Crippen molar-refractivity contribution in [3.63, 3.8) is 0 Å². The summed E-state index contributed by atoms with van der Waals surface area (Å²) in [5.74, 6) is -0.798. The molecule has 2 aromatic rings. The number of benzene rings is 2. The fourth-order valence-electron chi connectivity index (χ4n) is 2.13. The van der Waals surface area contributed by atoms with Gasteiger partial charge in [-0.05, 0) is 36.1 Å². The molecule has 0 atom stereocenters. The van der Waals surface area contributed by atoms with Gasteiger partial charge in [0.1, 0.15) is 0 Å². The number of aliphatic carboxylic acids is 1. The van der Waals surface area contributed by atoms with Crippen LogP contribution in [0.2, 0.25) is 0 Å². The summed E-state index contributed by atoms with van der Waals surface area (Å²) in [6.45, 7) is 4.09. The highest BCUT2D eigenvalue weighted by atomic mass is 16.4. The van der Waals surface area contributed by atoms with Crippen molar-refractivity contribution in [3.05, 3.63) is 59.2 Å². The molecule has 2 aromatic carbocycles. The van der Waals surface area contributed by atoms with Crippen molar-refractivity contribution in [2.24, 2.45) is 0 Å². The Balaban J connectivity index is 2.56. The summed E-state index contributed by atoms with van der Waals surface area (Å²) >= 11 is 0. The van der Waals surface area contributed by atoms with Gasteiger partial charge in [0.05, 0.1) is 6.42 Å². The summed E-state index contributed by atoms with van der Waals surface area (Å²) in [5, 5.41) is 8.96. The third-order valence-electron chi connectivity index (χ3n) is 3.04. The largest absolute Gasteiger partial charge is 0.481 e. The molecule has 0 saturated carbocycles. The van der Waals surface area contributed by atoms with E-state index in [2.05, 4.69) is 18.2 Å². The molecule has 92 valence electrons. The molecule has 0 aliphatic rings. The number of rotatable bonds is 3. The van der Waals surface area contributed by atoms with E-state index in [1.165, 1.54) is 11.1 Å². The minimum absolute atomic E-state index is 0.0591. The Labute approximate surface area is 107 Å². The molecule has 0 aliphatic carbocycles. The van der Waals surface area contributed by atoms with Crippen LogP contribution < -0.4 is 0 Å². The van der Waals surface area contributed by atoms with Gasteiger partial charge in [-0.1, -0.05) is 48.0 Å². The molecule has 0 aliphatic heterocycles. The second-order valence-electron chi connectivity index (χ2n) is 4.55. The van der Waals surface area contributed by atoms with Crippen LogP contribution in [0.5, 0.6) is 0 Å². The van der Waals surface area contributed by atoms with Gasteiger partial charge in [-0.15, -0.1) is 0 Å². The average molecular weight is 240 g/mol. The van der Waals surface area contributed by atoms with Crippen LogP contribution in [0.3, 0.4) is 0 Å². The normalized spacial score (nSPS) is 10.3. The summed E-state index contributed by atoms with van der Waals surface area (Å²) in [4.78, 5) is 10.9. The predicted molar refractivity (Wildman–Crippen MR) is 72.7 cm³/mol. The number of hydrogen-bond acceptors (Lipinski definition) is 1. The van der Waals surface area contributed by atoms with Crippen LogP contribution in [0.15, 0.2) is 42.5 Å². The van der Waals surface area contributed by atoms with Crippen LogP contribution in [0.4, 0.5) is 0 Å². The van der Waals surface area contributed by atoms with Gasteiger partial charge in [0.15, 0.2) is 0 Å². The maximum absolute atomic E-state index is 10.9. The Kier molecular flexibility index (Phi) is 3.47. The molecule has 0 unspecified atom stereocenters. The summed E-state index contributed by atoms with van der Waals surface area (Å²) in [7, 11) is 0. The summed E-state index contributed by atoms with van der Waals surface area (Å²) in [6.07, 6.45) is 0.0591. The van der Waals surface area contributed by atoms with E-state index < -0.39 is 5.97 Å². The van der Waals surface area contributed by atoms with E-state index in [0.717, 1.165) is 16.7 Å². The maximum atomic E-state index is 10.9. The Morgan fingerprint density at radius 3 is 2.50 bits per heavy atom. The first kappa shape index (κ1) is 12.4. The quantitative estimate of drug-likeness (QED) is 0.890. The first-order valence-electron chi connectivity index (χ1n) is 5.95. The van der Waals surface area contributed by atoms with E-state index in [1.54, 1.807) is 0 Å². The molecule has 0 radical (unpaired) electrons. The van der Waals surface area contributed by atoms with Crippen LogP contribution in [0.1, 0.15) is 16.7 Å². The SMILES string of the molecule is Cc1ccc(C)c(-c2ccccc2CC(=O)O)c1. The van der Waals surface area contributed by atoms with Crippen molar-refractivity contribution >= 4 is 5.97 Å². The Morgan fingerprint density at radius 2 is 1.78 bits per heavy atom. The standard InChI is InChI=1S/C16H16O2/c1-11-7-8-12(2)15(9-11)14-6-4-3-5-13(14)10-16(17)18/h3-9H,10H2,1-2H3,(H,17,18). The number of carbonyl (C=O) groups is 1. The molecule has 1 N–H and O–H groups in total. The van der Waals surface area contributed by atoms with E-state index in [0.29, 0.717) is 0 Å². The molecule has 2 heteroatoms. The number of carboxylic acids is 1. The zero-order valence-corrected chi connectivity index (χ0v) is 10.6. The number of hydrogen-bond donors (Lipinski definition) is 1. The van der Waals surface area contributed by atoms with Crippen LogP contribution in [0, 0.1) is 13.8 Å². The van der Waals surface area contributed by atoms with Crippen LogP contribution in [-0.2, 0) is 11.2 Å². The second-order valence-corrected chi connectivity index (χ2v) is 4.55. The van der Waals surface area contributed by atoms with Gasteiger partial charge in [0.2, 0.25) is 0 Å². The molecule has 0 heterocycles. The lowest BCUT2D eigenvalue weighted by molar-refractivity contribution is -0.136. The van der Waals surface area contributed by atoms with Gasteiger partial charge >= 0.3 is 5.97 Å². The first-order valence-corrected chi connectivity index (χ1v) is 5.95. The van der Waals surface area contributed by atoms with Gasteiger partial charge in [-0.2, -0.15) is 0 Å². The molecule has 2 nitrogen and oxygen atoms in total. The molecule has 0 fully saturated rings. The van der Waals surface area contributed by atoms with Crippen molar-refractivity contribution < 1.29 is 9.90 Å². The van der Waals surface area contributed by atoms with Crippen molar-refractivity contribution in [3.8, 4) is 11.1 Å². The lowest BCUT2D eigenvalue weighted by Crippen LogP contribution is -2.02. The summed E-state index contributed by atoms with van der Waals surface area (Å²) < 4.78 is 0. The van der Waals surface area contributed by atoms with Gasteiger partial charge in [-0.25, -0.2) is 0 Å². The average Bonchev–Trinajstić information content (AvgIpc) is 2.32. The minimum Gasteiger partial charge on any atom is -0.481 e. The highest BCUT2D eigenvalue weighted by Crippen LogP contribution is 2.28. The van der Waals surface area contributed by atoms with Crippen molar-refractivity contribution in [1.82, 2.24) is 0 Å². The van der Waals surface area contributed by atoms with Crippen LogP contribution in [0.25, 0.3) is 11.1 Å². The zero-order valence-electron chi connectivity index (χ0n) is 10.6. The van der Waals surface area contributed by atoms with Crippen molar-refractivity contribution in [2.45, 2.75) is 20.3 Å². The molecular weight excluding hydrogens is 224 g/mol. The molecule has 2 rings (SSSR count). The monoisotopic (exact) mass is 240 g/mol. The maximum Gasteiger partial charge on any atom is 0.307 e. The number of aryl methyl sites for hydroxylation is 2. The Bertz CT molecular complexity index is 585. The highest BCUT2D eigenvalue weighted by molar-refractivity contribution is 5.78. The summed E-state index contributed by atoms with van der Waals surface area (Å²) in [6, 6.07) is 13.9.